The molecule has 0 radical (unpaired) electrons. The van der Waals surface area contributed by atoms with E-state index in [2.05, 4.69) is 5.32 Å². The molecule has 1 amide bonds. The highest BCUT2D eigenvalue weighted by Gasteiger charge is 2.31. The Morgan fingerprint density at radius 2 is 2.05 bits per heavy atom. The average Bonchev–Trinajstić information content (AvgIpc) is 2.89. The van der Waals surface area contributed by atoms with E-state index in [4.69, 9.17) is 14.3 Å². The Balaban J connectivity index is 2.64. The molecule has 0 spiro atoms. The summed E-state index contributed by atoms with van der Waals surface area (Å²) >= 11 is 0. The van der Waals surface area contributed by atoms with Crippen LogP contribution < -0.4 is 5.32 Å². The number of nitrogens with one attached hydrogen (secondary N) is 1. The fourth-order valence-electron chi connectivity index (χ4n) is 1.83. The van der Waals surface area contributed by atoms with Crippen LogP contribution in [0, 0.1) is 11.3 Å². The van der Waals surface area contributed by atoms with Crippen LogP contribution in [0.4, 0.5) is 0 Å². The van der Waals surface area contributed by atoms with E-state index in [-0.39, 0.29) is 18.9 Å². The second-order valence-electron chi connectivity index (χ2n) is 6.43. The molecule has 0 aliphatic carbocycles. The molecule has 6 nitrogen and oxygen atoms in total. The summed E-state index contributed by atoms with van der Waals surface area (Å²) in [6, 6.07) is 3.07. The molecule has 1 aromatic heterocycles. The van der Waals surface area contributed by atoms with E-state index < -0.39 is 17.4 Å². The zero-order chi connectivity index (χ0) is 16.8. The lowest BCUT2D eigenvalue weighted by molar-refractivity contribution is -0.149. The zero-order valence-corrected chi connectivity index (χ0v) is 13.6. The lowest BCUT2D eigenvalue weighted by Crippen LogP contribution is -2.37. The average molecular weight is 311 g/mol. The molecule has 1 atom stereocenters. The van der Waals surface area contributed by atoms with Crippen LogP contribution in [0.25, 0.3) is 0 Å². The molecule has 2 N–H and O–H groups in total. The van der Waals surface area contributed by atoms with Gasteiger partial charge in [-0.2, -0.15) is 0 Å². The number of carbonyl (C=O) groups is 2. The third-order valence-electron chi connectivity index (χ3n) is 3.14. The SMILES string of the molecule is CC(C)COCC(NC(=O)CC(C)(C)C(=O)O)c1ccco1. The summed E-state index contributed by atoms with van der Waals surface area (Å²) in [5.41, 5.74) is -1.11. The number of carbonyl (C=O) groups excluding carboxylic acids is 1. The molecule has 124 valence electrons. The van der Waals surface area contributed by atoms with Gasteiger partial charge in [0.05, 0.1) is 18.3 Å². The highest BCUT2D eigenvalue weighted by molar-refractivity contribution is 5.84. The lowest BCUT2D eigenvalue weighted by atomic mass is 9.89. The highest BCUT2D eigenvalue weighted by Crippen LogP contribution is 2.22. The third kappa shape index (κ3) is 5.89. The second kappa shape index (κ2) is 7.98. The molecule has 6 heteroatoms. The Labute approximate surface area is 130 Å². The number of carboxylic acids is 1. The van der Waals surface area contributed by atoms with Crippen molar-refractivity contribution in [3.8, 4) is 0 Å². The maximum absolute atomic E-state index is 12.1. The number of amides is 1. The molecular formula is C16H25NO5. The van der Waals surface area contributed by atoms with Gasteiger partial charge >= 0.3 is 5.97 Å². The molecule has 1 heterocycles. The predicted molar refractivity (Wildman–Crippen MR) is 81.3 cm³/mol. The van der Waals surface area contributed by atoms with Gasteiger partial charge in [0.25, 0.3) is 0 Å². The number of furan rings is 1. The first-order chi connectivity index (χ1) is 10.2. The van der Waals surface area contributed by atoms with Crippen molar-refractivity contribution in [1.82, 2.24) is 5.32 Å². The van der Waals surface area contributed by atoms with Crippen LogP contribution in [0.5, 0.6) is 0 Å². The minimum absolute atomic E-state index is 0.107. The minimum atomic E-state index is -1.11. The zero-order valence-electron chi connectivity index (χ0n) is 13.6. The first-order valence-corrected chi connectivity index (χ1v) is 7.36. The summed E-state index contributed by atoms with van der Waals surface area (Å²) in [6.07, 6.45) is 1.42. The van der Waals surface area contributed by atoms with Crippen molar-refractivity contribution in [2.45, 2.75) is 40.2 Å². The van der Waals surface area contributed by atoms with E-state index in [1.807, 2.05) is 13.8 Å². The van der Waals surface area contributed by atoms with Crippen molar-refractivity contribution in [3.05, 3.63) is 24.2 Å². The van der Waals surface area contributed by atoms with Crippen LogP contribution in [0.1, 0.15) is 45.9 Å². The van der Waals surface area contributed by atoms with E-state index in [1.54, 1.807) is 12.1 Å². The fraction of sp³-hybridized carbons (Fsp3) is 0.625. The fourth-order valence-corrected chi connectivity index (χ4v) is 1.83. The number of aliphatic carboxylic acids is 1. The monoisotopic (exact) mass is 311 g/mol. The maximum atomic E-state index is 12.1. The topological polar surface area (TPSA) is 88.8 Å². The molecule has 0 aliphatic rings. The van der Waals surface area contributed by atoms with Gasteiger partial charge in [0.1, 0.15) is 11.8 Å². The van der Waals surface area contributed by atoms with Crippen LogP contribution >= 0.6 is 0 Å². The first-order valence-electron chi connectivity index (χ1n) is 7.36. The molecule has 22 heavy (non-hydrogen) atoms. The van der Waals surface area contributed by atoms with Gasteiger partial charge in [0.2, 0.25) is 5.91 Å². The number of carboxylic acid groups (broad SMARTS) is 1. The molecule has 1 unspecified atom stereocenters. The smallest absolute Gasteiger partial charge is 0.309 e. The summed E-state index contributed by atoms with van der Waals surface area (Å²) in [5, 5.41) is 11.9. The molecule has 0 saturated heterocycles. The van der Waals surface area contributed by atoms with Gasteiger partial charge in [-0.3, -0.25) is 9.59 Å². The normalized spacial score (nSPS) is 13.1. The van der Waals surface area contributed by atoms with E-state index in [1.165, 1.54) is 20.1 Å². The first kappa shape index (κ1) is 18.2. The number of rotatable bonds is 9. The standard InChI is InChI=1S/C16H25NO5/c1-11(2)9-21-10-12(13-6-5-7-22-13)17-14(18)8-16(3,4)15(19)20/h5-7,11-12H,8-10H2,1-4H3,(H,17,18)(H,19,20). The van der Waals surface area contributed by atoms with Crippen LogP contribution in [-0.2, 0) is 14.3 Å². The Morgan fingerprint density at radius 3 is 2.55 bits per heavy atom. The Morgan fingerprint density at radius 1 is 1.36 bits per heavy atom. The van der Waals surface area contributed by atoms with Crippen molar-refractivity contribution < 1.29 is 23.8 Å². The number of hydrogen-bond acceptors (Lipinski definition) is 4. The Kier molecular flexibility index (Phi) is 6.61. The molecule has 1 rings (SSSR count). The molecule has 0 aromatic carbocycles. The molecule has 0 saturated carbocycles. The van der Waals surface area contributed by atoms with Crippen molar-refractivity contribution >= 4 is 11.9 Å². The molecule has 1 aromatic rings. The Hall–Kier alpha value is -1.82. The summed E-state index contributed by atoms with van der Waals surface area (Å²) in [7, 11) is 0. The number of ether oxygens (including phenoxy) is 1. The van der Waals surface area contributed by atoms with E-state index >= 15 is 0 Å². The molecular weight excluding hydrogens is 286 g/mol. The van der Waals surface area contributed by atoms with Crippen LogP contribution in [-0.4, -0.2) is 30.2 Å². The molecule has 0 bridgehead atoms. The third-order valence-corrected chi connectivity index (χ3v) is 3.14. The maximum Gasteiger partial charge on any atom is 0.309 e. The quantitative estimate of drug-likeness (QED) is 0.732. The van der Waals surface area contributed by atoms with Crippen molar-refractivity contribution in [3.63, 3.8) is 0 Å². The summed E-state index contributed by atoms with van der Waals surface area (Å²) in [4.78, 5) is 23.2. The van der Waals surface area contributed by atoms with Crippen molar-refractivity contribution in [2.24, 2.45) is 11.3 Å². The van der Waals surface area contributed by atoms with Gasteiger partial charge < -0.3 is 19.6 Å². The summed E-state index contributed by atoms with van der Waals surface area (Å²) in [5.74, 6) is -0.376. The van der Waals surface area contributed by atoms with Gasteiger partial charge in [0.15, 0.2) is 0 Å². The van der Waals surface area contributed by atoms with E-state index in [0.717, 1.165) is 0 Å². The minimum Gasteiger partial charge on any atom is -0.481 e. The van der Waals surface area contributed by atoms with Gasteiger partial charge in [0, 0.05) is 13.0 Å². The van der Waals surface area contributed by atoms with Crippen molar-refractivity contribution in [2.75, 3.05) is 13.2 Å². The van der Waals surface area contributed by atoms with E-state index in [0.29, 0.717) is 18.3 Å². The number of hydrogen-bond donors (Lipinski definition) is 2. The predicted octanol–water partition coefficient (Wildman–Crippen LogP) is 2.61. The largest absolute Gasteiger partial charge is 0.481 e. The van der Waals surface area contributed by atoms with Gasteiger partial charge in [-0.25, -0.2) is 0 Å². The molecule has 0 fully saturated rings. The Bertz CT molecular complexity index is 479. The highest BCUT2D eigenvalue weighted by atomic mass is 16.5. The van der Waals surface area contributed by atoms with Gasteiger partial charge in [-0.1, -0.05) is 13.8 Å². The van der Waals surface area contributed by atoms with Crippen LogP contribution in [0.15, 0.2) is 22.8 Å². The van der Waals surface area contributed by atoms with Crippen LogP contribution in [0.2, 0.25) is 0 Å². The van der Waals surface area contributed by atoms with E-state index in [9.17, 15) is 9.59 Å². The lowest BCUT2D eigenvalue weighted by Gasteiger charge is -2.22. The second-order valence-corrected chi connectivity index (χ2v) is 6.43. The molecule has 0 aliphatic heterocycles. The summed E-state index contributed by atoms with van der Waals surface area (Å²) < 4.78 is 10.9. The summed E-state index contributed by atoms with van der Waals surface area (Å²) in [6.45, 7) is 7.97. The van der Waals surface area contributed by atoms with Gasteiger partial charge in [-0.05, 0) is 31.9 Å². The van der Waals surface area contributed by atoms with Crippen LogP contribution in [0.3, 0.4) is 0 Å². The van der Waals surface area contributed by atoms with Crippen molar-refractivity contribution in [1.29, 1.82) is 0 Å². The van der Waals surface area contributed by atoms with Gasteiger partial charge in [-0.15, -0.1) is 0 Å².